The van der Waals surface area contributed by atoms with Crippen molar-refractivity contribution in [3.63, 3.8) is 0 Å². The molecule has 120 valence electrons. The lowest BCUT2D eigenvalue weighted by atomic mass is 10.0. The molecule has 1 aromatic carbocycles. The molecule has 1 aliphatic carbocycles. The third kappa shape index (κ3) is 3.43. The van der Waals surface area contributed by atoms with Gasteiger partial charge in [-0.05, 0) is 50.3 Å². The van der Waals surface area contributed by atoms with E-state index < -0.39 is 0 Å². The van der Waals surface area contributed by atoms with Crippen LogP contribution in [-0.2, 0) is 4.74 Å². The van der Waals surface area contributed by atoms with Crippen molar-refractivity contribution in [3.05, 3.63) is 29.3 Å². The number of benzene rings is 1. The summed E-state index contributed by atoms with van der Waals surface area (Å²) in [6.07, 6.45) is 7.71. The Morgan fingerprint density at radius 1 is 1.14 bits per heavy atom. The summed E-state index contributed by atoms with van der Waals surface area (Å²) in [5, 5.41) is 0. The van der Waals surface area contributed by atoms with Crippen molar-refractivity contribution in [2.24, 2.45) is 0 Å². The van der Waals surface area contributed by atoms with Crippen molar-refractivity contribution in [2.75, 3.05) is 18.8 Å². The van der Waals surface area contributed by atoms with E-state index in [-0.39, 0.29) is 5.91 Å². The number of nitrogen functional groups attached to an aromatic ring is 1. The molecule has 1 saturated carbocycles. The Morgan fingerprint density at radius 2 is 1.77 bits per heavy atom. The summed E-state index contributed by atoms with van der Waals surface area (Å²) >= 11 is 0. The van der Waals surface area contributed by atoms with Crippen molar-refractivity contribution in [1.29, 1.82) is 0 Å². The van der Waals surface area contributed by atoms with Crippen LogP contribution in [0.2, 0.25) is 0 Å². The van der Waals surface area contributed by atoms with Crippen LogP contribution in [0.25, 0.3) is 0 Å². The van der Waals surface area contributed by atoms with Crippen LogP contribution in [0.1, 0.15) is 54.4 Å². The van der Waals surface area contributed by atoms with Gasteiger partial charge in [0.25, 0.3) is 5.91 Å². The maximum absolute atomic E-state index is 12.7. The molecule has 1 amide bonds. The molecule has 22 heavy (non-hydrogen) atoms. The molecule has 0 atom stereocenters. The minimum Gasteiger partial charge on any atom is -0.399 e. The number of aryl methyl sites for hydroxylation is 1. The summed E-state index contributed by atoms with van der Waals surface area (Å²) in [4.78, 5) is 14.6. The summed E-state index contributed by atoms with van der Waals surface area (Å²) in [6, 6.07) is 5.55. The van der Waals surface area contributed by atoms with Crippen molar-refractivity contribution >= 4 is 11.6 Å². The standard InChI is InChI=1S/C18H26N2O2/c1-13-6-7-14(19)12-17(13)18(21)20-10-8-16(9-11-20)22-15-4-2-3-5-15/h6-7,12,15-16H,2-5,8-11,19H2,1H3. The number of hydrogen-bond acceptors (Lipinski definition) is 3. The fourth-order valence-electron chi connectivity index (χ4n) is 3.53. The predicted octanol–water partition coefficient (Wildman–Crippen LogP) is 3.14. The number of amides is 1. The molecule has 1 aliphatic heterocycles. The number of rotatable bonds is 3. The van der Waals surface area contributed by atoms with Gasteiger partial charge in [0.1, 0.15) is 0 Å². The first-order valence-electron chi connectivity index (χ1n) is 8.44. The molecule has 0 aromatic heterocycles. The maximum Gasteiger partial charge on any atom is 0.254 e. The SMILES string of the molecule is Cc1ccc(N)cc1C(=O)N1CCC(OC2CCCC2)CC1. The zero-order valence-corrected chi connectivity index (χ0v) is 13.4. The van der Waals surface area contributed by atoms with Crippen LogP contribution in [0.15, 0.2) is 18.2 Å². The van der Waals surface area contributed by atoms with Crippen molar-refractivity contribution in [2.45, 2.75) is 57.7 Å². The molecule has 2 aliphatic rings. The number of anilines is 1. The lowest BCUT2D eigenvalue weighted by Crippen LogP contribution is -2.41. The summed E-state index contributed by atoms with van der Waals surface area (Å²) in [5.74, 6) is 0.101. The summed E-state index contributed by atoms with van der Waals surface area (Å²) in [5.41, 5.74) is 8.19. The highest BCUT2D eigenvalue weighted by atomic mass is 16.5. The van der Waals surface area contributed by atoms with Gasteiger partial charge in [-0.25, -0.2) is 0 Å². The fraction of sp³-hybridized carbons (Fsp3) is 0.611. The first-order valence-corrected chi connectivity index (χ1v) is 8.44. The van der Waals surface area contributed by atoms with Crippen molar-refractivity contribution in [1.82, 2.24) is 4.90 Å². The number of piperidine rings is 1. The van der Waals surface area contributed by atoms with E-state index in [1.165, 1.54) is 25.7 Å². The second kappa shape index (κ2) is 6.69. The van der Waals surface area contributed by atoms with E-state index in [1.807, 2.05) is 24.0 Å². The van der Waals surface area contributed by atoms with E-state index in [0.717, 1.165) is 37.1 Å². The molecule has 1 heterocycles. The molecule has 4 heteroatoms. The zero-order valence-electron chi connectivity index (χ0n) is 13.4. The molecule has 2 N–H and O–H groups in total. The normalized spacial score (nSPS) is 20.5. The molecule has 1 aromatic rings. The summed E-state index contributed by atoms with van der Waals surface area (Å²) in [6.45, 7) is 3.53. The van der Waals surface area contributed by atoms with Gasteiger partial charge in [0.15, 0.2) is 0 Å². The largest absolute Gasteiger partial charge is 0.399 e. The maximum atomic E-state index is 12.7. The van der Waals surface area contributed by atoms with Gasteiger partial charge in [-0.3, -0.25) is 4.79 Å². The average Bonchev–Trinajstić information content (AvgIpc) is 3.03. The molecular weight excluding hydrogens is 276 g/mol. The fourth-order valence-corrected chi connectivity index (χ4v) is 3.53. The lowest BCUT2D eigenvalue weighted by Gasteiger charge is -2.33. The third-order valence-corrected chi connectivity index (χ3v) is 4.91. The summed E-state index contributed by atoms with van der Waals surface area (Å²) in [7, 11) is 0. The molecule has 3 rings (SSSR count). The van der Waals surface area contributed by atoms with E-state index in [9.17, 15) is 4.79 Å². The Labute approximate surface area is 132 Å². The number of nitrogens with two attached hydrogens (primary N) is 1. The number of ether oxygens (including phenoxy) is 1. The molecule has 2 fully saturated rings. The summed E-state index contributed by atoms with van der Waals surface area (Å²) < 4.78 is 6.17. The molecular formula is C18H26N2O2. The highest BCUT2D eigenvalue weighted by Crippen LogP contribution is 2.26. The lowest BCUT2D eigenvalue weighted by molar-refractivity contribution is -0.0357. The highest BCUT2D eigenvalue weighted by molar-refractivity contribution is 5.96. The predicted molar refractivity (Wildman–Crippen MR) is 87.9 cm³/mol. The number of likely N-dealkylation sites (tertiary alicyclic amines) is 1. The number of carbonyl (C=O) groups excluding carboxylic acids is 1. The van der Waals surface area contributed by atoms with Gasteiger partial charge in [0, 0.05) is 24.3 Å². The molecule has 1 saturated heterocycles. The smallest absolute Gasteiger partial charge is 0.254 e. The highest BCUT2D eigenvalue weighted by Gasteiger charge is 2.27. The van der Waals surface area contributed by atoms with Crippen LogP contribution in [0.3, 0.4) is 0 Å². The van der Waals surface area contributed by atoms with Crippen LogP contribution >= 0.6 is 0 Å². The Balaban J connectivity index is 1.56. The quantitative estimate of drug-likeness (QED) is 0.873. The van der Waals surface area contributed by atoms with E-state index in [4.69, 9.17) is 10.5 Å². The van der Waals surface area contributed by atoms with Gasteiger partial charge in [-0.1, -0.05) is 18.9 Å². The zero-order chi connectivity index (χ0) is 15.5. The van der Waals surface area contributed by atoms with Crippen LogP contribution in [-0.4, -0.2) is 36.1 Å². The van der Waals surface area contributed by atoms with Crippen LogP contribution in [0.4, 0.5) is 5.69 Å². The second-order valence-corrected chi connectivity index (χ2v) is 6.61. The third-order valence-electron chi connectivity index (χ3n) is 4.91. The van der Waals surface area contributed by atoms with Gasteiger partial charge in [0.2, 0.25) is 0 Å². The number of hydrogen-bond donors (Lipinski definition) is 1. The van der Waals surface area contributed by atoms with Crippen LogP contribution in [0.5, 0.6) is 0 Å². The second-order valence-electron chi connectivity index (χ2n) is 6.61. The topological polar surface area (TPSA) is 55.6 Å². The minimum atomic E-state index is 0.101. The Morgan fingerprint density at radius 3 is 2.45 bits per heavy atom. The minimum absolute atomic E-state index is 0.101. The Bertz CT molecular complexity index is 530. The Hall–Kier alpha value is -1.55. The van der Waals surface area contributed by atoms with E-state index in [2.05, 4.69) is 0 Å². The van der Waals surface area contributed by atoms with Gasteiger partial charge in [0.05, 0.1) is 12.2 Å². The average molecular weight is 302 g/mol. The van der Waals surface area contributed by atoms with Gasteiger partial charge >= 0.3 is 0 Å². The Kier molecular flexibility index (Phi) is 4.67. The van der Waals surface area contributed by atoms with E-state index in [1.54, 1.807) is 6.07 Å². The number of nitrogens with zero attached hydrogens (tertiary/aromatic N) is 1. The monoisotopic (exact) mass is 302 g/mol. The first-order chi connectivity index (χ1) is 10.6. The van der Waals surface area contributed by atoms with Crippen LogP contribution in [0, 0.1) is 6.92 Å². The van der Waals surface area contributed by atoms with Gasteiger partial charge in [-0.15, -0.1) is 0 Å². The van der Waals surface area contributed by atoms with Crippen molar-refractivity contribution < 1.29 is 9.53 Å². The van der Waals surface area contributed by atoms with E-state index >= 15 is 0 Å². The molecule has 4 nitrogen and oxygen atoms in total. The molecule has 0 unspecified atom stereocenters. The van der Waals surface area contributed by atoms with Gasteiger partial charge in [-0.2, -0.15) is 0 Å². The first kappa shape index (κ1) is 15.3. The van der Waals surface area contributed by atoms with Crippen molar-refractivity contribution in [3.8, 4) is 0 Å². The van der Waals surface area contributed by atoms with Gasteiger partial charge < -0.3 is 15.4 Å². The van der Waals surface area contributed by atoms with Crippen LogP contribution < -0.4 is 5.73 Å². The molecule has 0 spiro atoms. The number of carbonyl (C=O) groups is 1. The molecule has 0 radical (unpaired) electrons. The van der Waals surface area contributed by atoms with E-state index in [0.29, 0.717) is 17.9 Å². The molecule has 0 bridgehead atoms.